The number of ether oxygens (including phenoxy) is 1. The molecule has 0 spiro atoms. The van der Waals surface area contributed by atoms with Crippen molar-refractivity contribution in [3.05, 3.63) is 59.7 Å². The molecule has 11 heteroatoms. The maximum absolute atomic E-state index is 11.8. The fourth-order valence-corrected chi connectivity index (χ4v) is 3.92. The minimum atomic E-state index is -0.945. The van der Waals surface area contributed by atoms with E-state index in [0.29, 0.717) is 0 Å². The molecule has 0 saturated heterocycles. The summed E-state index contributed by atoms with van der Waals surface area (Å²) in [7, 11) is -1.76. The molecule has 0 aliphatic carbocycles. The van der Waals surface area contributed by atoms with E-state index in [9.17, 15) is 14.8 Å². The summed E-state index contributed by atoms with van der Waals surface area (Å²) < 4.78 is 16.0. The zero-order valence-corrected chi connectivity index (χ0v) is 20.9. The number of nitrogens with one attached hydrogen (secondary N) is 1. The lowest BCUT2D eigenvalue weighted by atomic mass is 9.79. The maximum atomic E-state index is 11.8. The number of carbonyl (C=O) groups excluding carboxylic acids is 1. The summed E-state index contributed by atoms with van der Waals surface area (Å²) in [5.74, 6) is 0. The molecular formula is C23H33B2ClN2O6. The first kappa shape index (κ1) is 28.2. The summed E-state index contributed by atoms with van der Waals surface area (Å²) in [5, 5.41) is 22.1. The van der Waals surface area contributed by atoms with E-state index in [-0.39, 0.29) is 36.7 Å². The topological polar surface area (TPSA) is 123 Å². The zero-order chi connectivity index (χ0) is 24.3. The molecule has 0 saturated carbocycles. The van der Waals surface area contributed by atoms with Crippen molar-refractivity contribution >= 4 is 43.7 Å². The average molecular weight is 491 g/mol. The normalized spacial score (nSPS) is 20.2. The molecule has 5 N–H and O–H groups in total. The van der Waals surface area contributed by atoms with Gasteiger partial charge in [0.15, 0.2) is 0 Å². The SMILES string of the molecule is CC(N)C1OB(O)c2ccccc21.CC(NC(=O)OC(C)(C)C)C1OB(O)c2ccccc21.Cl. The molecule has 4 unspecified atom stereocenters. The van der Waals surface area contributed by atoms with Crippen LogP contribution in [0.5, 0.6) is 0 Å². The largest absolute Gasteiger partial charge is 0.492 e. The number of rotatable bonds is 3. The summed E-state index contributed by atoms with van der Waals surface area (Å²) in [4.78, 5) is 11.8. The van der Waals surface area contributed by atoms with Gasteiger partial charge in [0.05, 0.1) is 18.2 Å². The van der Waals surface area contributed by atoms with E-state index in [0.717, 1.165) is 22.1 Å². The van der Waals surface area contributed by atoms with Gasteiger partial charge in [0.2, 0.25) is 0 Å². The Morgan fingerprint density at radius 1 is 0.971 bits per heavy atom. The number of amides is 1. The van der Waals surface area contributed by atoms with Crippen molar-refractivity contribution in [3.63, 3.8) is 0 Å². The van der Waals surface area contributed by atoms with Crippen LogP contribution in [-0.4, -0.2) is 48.1 Å². The van der Waals surface area contributed by atoms with Crippen LogP contribution < -0.4 is 22.0 Å². The quantitative estimate of drug-likeness (QED) is 0.482. The average Bonchev–Trinajstić information content (AvgIpc) is 3.25. The number of hydrogen-bond acceptors (Lipinski definition) is 7. The highest BCUT2D eigenvalue weighted by Crippen LogP contribution is 2.27. The number of hydrogen-bond donors (Lipinski definition) is 4. The van der Waals surface area contributed by atoms with Crippen molar-refractivity contribution in [2.75, 3.05) is 0 Å². The number of nitrogens with two attached hydrogens (primary N) is 1. The lowest BCUT2D eigenvalue weighted by Crippen LogP contribution is -2.41. The summed E-state index contributed by atoms with van der Waals surface area (Å²) in [6.07, 6.45) is -1.05. The monoisotopic (exact) mass is 490 g/mol. The molecule has 34 heavy (non-hydrogen) atoms. The van der Waals surface area contributed by atoms with Gasteiger partial charge in [-0.1, -0.05) is 48.5 Å². The molecular weight excluding hydrogens is 457 g/mol. The number of alkyl carbamates (subject to hydrolysis) is 1. The second-order valence-corrected chi connectivity index (χ2v) is 9.37. The van der Waals surface area contributed by atoms with Gasteiger partial charge < -0.3 is 35.1 Å². The zero-order valence-electron chi connectivity index (χ0n) is 20.1. The van der Waals surface area contributed by atoms with Crippen LogP contribution in [0.15, 0.2) is 48.5 Å². The smallest absolute Gasteiger partial charge is 0.444 e. The lowest BCUT2D eigenvalue weighted by molar-refractivity contribution is 0.0451. The molecule has 0 aromatic heterocycles. The Labute approximate surface area is 207 Å². The first-order valence-electron chi connectivity index (χ1n) is 11.1. The second-order valence-electron chi connectivity index (χ2n) is 9.37. The molecule has 2 aromatic rings. The van der Waals surface area contributed by atoms with Gasteiger partial charge in [-0.15, -0.1) is 12.4 Å². The van der Waals surface area contributed by atoms with Crippen molar-refractivity contribution in [1.29, 1.82) is 0 Å². The maximum Gasteiger partial charge on any atom is 0.492 e. The molecule has 2 aliphatic heterocycles. The number of fused-ring (bicyclic) bond motifs is 2. The third-order valence-electron chi connectivity index (χ3n) is 5.36. The van der Waals surface area contributed by atoms with E-state index in [4.69, 9.17) is 19.8 Å². The van der Waals surface area contributed by atoms with Crippen LogP contribution in [0, 0.1) is 0 Å². The summed E-state index contributed by atoms with van der Waals surface area (Å²) in [6, 6.07) is 14.7. The molecule has 1 amide bonds. The molecule has 0 fully saturated rings. The molecule has 8 nitrogen and oxygen atoms in total. The van der Waals surface area contributed by atoms with Crippen molar-refractivity contribution in [2.45, 2.75) is 64.5 Å². The molecule has 4 atom stereocenters. The third-order valence-corrected chi connectivity index (χ3v) is 5.36. The highest BCUT2D eigenvalue weighted by Gasteiger charge is 2.38. The Morgan fingerprint density at radius 2 is 1.41 bits per heavy atom. The van der Waals surface area contributed by atoms with Gasteiger partial charge in [0.1, 0.15) is 5.60 Å². The molecule has 0 radical (unpaired) electrons. The lowest BCUT2D eigenvalue weighted by Gasteiger charge is -2.25. The van der Waals surface area contributed by atoms with Gasteiger partial charge in [0, 0.05) is 6.04 Å². The van der Waals surface area contributed by atoms with Crippen LogP contribution in [0.1, 0.15) is 58.0 Å². The van der Waals surface area contributed by atoms with Crippen LogP contribution >= 0.6 is 12.4 Å². The Morgan fingerprint density at radius 3 is 1.88 bits per heavy atom. The van der Waals surface area contributed by atoms with Crippen LogP contribution in [0.4, 0.5) is 4.79 Å². The Hall–Kier alpha value is -2.07. The molecule has 0 bridgehead atoms. The van der Waals surface area contributed by atoms with Gasteiger partial charge in [-0.2, -0.15) is 0 Å². The van der Waals surface area contributed by atoms with Crippen molar-refractivity contribution in [2.24, 2.45) is 5.73 Å². The van der Waals surface area contributed by atoms with Crippen molar-refractivity contribution < 1.29 is 28.9 Å². The van der Waals surface area contributed by atoms with Gasteiger partial charge in [-0.3, -0.25) is 0 Å². The molecule has 2 aromatic carbocycles. The van der Waals surface area contributed by atoms with E-state index in [1.165, 1.54) is 0 Å². The molecule has 4 rings (SSSR count). The van der Waals surface area contributed by atoms with E-state index in [1.807, 2.05) is 83.1 Å². The van der Waals surface area contributed by atoms with Crippen molar-refractivity contribution in [1.82, 2.24) is 5.32 Å². The minimum absolute atomic E-state index is 0. The van der Waals surface area contributed by atoms with E-state index in [1.54, 1.807) is 0 Å². The van der Waals surface area contributed by atoms with Crippen LogP contribution in [0.3, 0.4) is 0 Å². The second kappa shape index (κ2) is 11.6. The van der Waals surface area contributed by atoms with Crippen LogP contribution in [-0.2, 0) is 14.0 Å². The predicted octanol–water partition coefficient (Wildman–Crippen LogP) is 1.57. The summed E-state index contributed by atoms with van der Waals surface area (Å²) >= 11 is 0. The van der Waals surface area contributed by atoms with E-state index < -0.39 is 25.9 Å². The standard InChI is InChI=1S/C14H20BNO4.C9H12BNO2.ClH/c1-9(16-13(17)19-14(2,3)4)12-10-7-5-6-8-11(10)15(18)20-12;1-6(11)9-7-4-2-3-5-8(7)10(12)13-9;/h5-9,12,18H,1-4H3,(H,16,17);2-6,9,12H,11H2,1H3;1H. The first-order chi connectivity index (χ1) is 15.5. The fraction of sp³-hybridized carbons (Fsp3) is 0.435. The minimum Gasteiger partial charge on any atom is -0.444 e. The fourth-order valence-electron chi connectivity index (χ4n) is 3.92. The van der Waals surface area contributed by atoms with Crippen LogP contribution in [0.25, 0.3) is 0 Å². The van der Waals surface area contributed by atoms with Gasteiger partial charge in [-0.05, 0) is 56.7 Å². The molecule has 184 valence electrons. The highest BCUT2D eigenvalue weighted by atomic mass is 35.5. The summed E-state index contributed by atoms with van der Waals surface area (Å²) in [5.41, 5.74) is 8.68. The molecule has 2 aliphatic rings. The third kappa shape index (κ3) is 6.75. The predicted molar refractivity (Wildman–Crippen MR) is 135 cm³/mol. The van der Waals surface area contributed by atoms with Gasteiger partial charge >= 0.3 is 20.3 Å². The van der Waals surface area contributed by atoms with Gasteiger partial charge in [0.25, 0.3) is 0 Å². The number of benzene rings is 2. The summed E-state index contributed by atoms with van der Waals surface area (Å²) in [6.45, 7) is 9.12. The Balaban J connectivity index is 0.000000253. The number of carbonyl (C=O) groups is 1. The van der Waals surface area contributed by atoms with Crippen LogP contribution in [0.2, 0.25) is 0 Å². The highest BCUT2D eigenvalue weighted by molar-refractivity contribution is 6.62. The Kier molecular flexibility index (Phi) is 9.59. The number of halogens is 1. The van der Waals surface area contributed by atoms with E-state index in [2.05, 4.69) is 5.32 Å². The van der Waals surface area contributed by atoms with Crippen molar-refractivity contribution in [3.8, 4) is 0 Å². The Bertz CT molecular complexity index is 974. The van der Waals surface area contributed by atoms with E-state index >= 15 is 0 Å². The molecule has 2 heterocycles. The van der Waals surface area contributed by atoms with Gasteiger partial charge in [-0.25, -0.2) is 4.79 Å². The first-order valence-corrected chi connectivity index (χ1v) is 11.1.